The number of hydrogen-bond donors (Lipinski definition) is 2. The van der Waals surface area contributed by atoms with Crippen molar-refractivity contribution in [3.63, 3.8) is 0 Å². The normalized spacial score (nSPS) is 10.5. The number of fused-ring (bicyclic) bond motifs is 1. The zero-order valence-corrected chi connectivity index (χ0v) is 11.1. The SMILES string of the molecule is N#Cc1cn(-c2ccc(C(=O)O)c(O)c2)c2ccc(F)cc12. The van der Waals surface area contributed by atoms with Crippen LogP contribution < -0.4 is 0 Å². The van der Waals surface area contributed by atoms with E-state index in [9.17, 15) is 14.3 Å². The Hall–Kier alpha value is -3.33. The molecule has 5 nitrogen and oxygen atoms in total. The molecule has 0 fully saturated rings. The summed E-state index contributed by atoms with van der Waals surface area (Å²) >= 11 is 0. The molecule has 0 saturated heterocycles. The first-order valence-electron chi connectivity index (χ1n) is 6.28. The molecule has 0 aliphatic carbocycles. The summed E-state index contributed by atoms with van der Waals surface area (Å²) < 4.78 is 14.9. The van der Waals surface area contributed by atoms with Gasteiger partial charge in [-0.15, -0.1) is 0 Å². The van der Waals surface area contributed by atoms with Gasteiger partial charge in [-0.2, -0.15) is 5.26 Å². The van der Waals surface area contributed by atoms with Gasteiger partial charge in [-0.3, -0.25) is 0 Å². The summed E-state index contributed by atoms with van der Waals surface area (Å²) in [5.74, 6) is -2.07. The van der Waals surface area contributed by atoms with Crippen LogP contribution in [0.1, 0.15) is 15.9 Å². The lowest BCUT2D eigenvalue weighted by atomic mass is 10.1. The van der Waals surface area contributed by atoms with Crippen molar-refractivity contribution in [2.45, 2.75) is 0 Å². The van der Waals surface area contributed by atoms with Gasteiger partial charge in [0.15, 0.2) is 0 Å². The Morgan fingerprint density at radius 1 is 1.23 bits per heavy atom. The summed E-state index contributed by atoms with van der Waals surface area (Å²) in [6, 6.07) is 10.1. The maximum Gasteiger partial charge on any atom is 0.339 e. The number of nitriles is 1. The molecule has 3 rings (SSSR count). The van der Waals surface area contributed by atoms with Gasteiger partial charge in [0.05, 0.1) is 11.1 Å². The topological polar surface area (TPSA) is 86.2 Å². The Kier molecular flexibility index (Phi) is 3.04. The molecule has 1 heterocycles. The molecule has 2 aromatic carbocycles. The van der Waals surface area contributed by atoms with Crippen LogP contribution in [0.5, 0.6) is 5.75 Å². The van der Waals surface area contributed by atoms with Gasteiger partial charge in [0.25, 0.3) is 0 Å². The van der Waals surface area contributed by atoms with E-state index in [1.165, 1.54) is 42.6 Å². The van der Waals surface area contributed by atoms with E-state index in [4.69, 9.17) is 10.4 Å². The summed E-state index contributed by atoms with van der Waals surface area (Å²) in [5.41, 5.74) is 1.13. The fraction of sp³-hybridized carbons (Fsp3) is 0. The first-order chi connectivity index (χ1) is 10.5. The van der Waals surface area contributed by atoms with E-state index in [-0.39, 0.29) is 16.9 Å². The van der Waals surface area contributed by atoms with Crippen LogP contribution in [0.4, 0.5) is 4.39 Å². The third kappa shape index (κ3) is 2.05. The van der Waals surface area contributed by atoms with Crippen LogP contribution in [0.15, 0.2) is 42.6 Å². The van der Waals surface area contributed by atoms with E-state index in [1.54, 1.807) is 4.57 Å². The summed E-state index contributed by atoms with van der Waals surface area (Å²) in [4.78, 5) is 10.9. The fourth-order valence-corrected chi connectivity index (χ4v) is 2.36. The molecule has 0 amide bonds. The van der Waals surface area contributed by atoms with Crippen molar-refractivity contribution >= 4 is 16.9 Å². The molecule has 6 heteroatoms. The van der Waals surface area contributed by atoms with Gasteiger partial charge in [-0.05, 0) is 30.3 Å². The molecule has 0 atom stereocenters. The lowest BCUT2D eigenvalue weighted by molar-refractivity contribution is 0.0694. The van der Waals surface area contributed by atoms with Crippen molar-refractivity contribution in [3.05, 3.63) is 59.5 Å². The predicted molar refractivity (Wildman–Crippen MR) is 76.6 cm³/mol. The summed E-state index contributed by atoms with van der Waals surface area (Å²) in [6.45, 7) is 0. The van der Waals surface area contributed by atoms with Gasteiger partial charge in [0.2, 0.25) is 0 Å². The fourth-order valence-electron chi connectivity index (χ4n) is 2.36. The lowest BCUT2D eigenvalue weighted by Gasteiger charge is -2.07. The second-order valence-corrected chi connectivity index (χ2v) is 4.69. The van der Waals surface area contributed by atoms with Crippen LogP contribution in [0.2, 0.25) is 0 Å². The number of nitrogens with zero attached hydrogens (tertiary/aromatic N) is 2. The maximum absolute atomic E-state index is 13.3. The number of phenols is 1. The van der Waals surface area contributed by atoms with Crippen molar-refractivity contribution in [2.75, 3.05) is 0 Å². The number of carboxylic acids is 1. The third-order valence-electron chi connectivity index (χ3n) is 3.38. The van der Waals surface area contributed by atoms with Gasteiger partial charge in [-0.25, -0.2) is 9.18 Å². The number of aromatic nitrogens is 1. The van der Waals surface area contributed by atoms with Gasteiger partial charge >= 0.3 is 5.97 Å². The van der Waals surface area contributed by atoms with Crippen LogP contribution in [-0.4, -0.2) is 20.7 Å². The summed E-state index contributed by atoms with van der Waals surface area (Å²) in [6.07, 6.45) is 1.51. The highest BCUT2D eigenvalue weighted by Gasteiger charge is 2.14. The molecular weight excluding hydrogens is 287 g/mol. The first-order valence-corrected chi connectivity index (χ1v) is 6.28. The minimum absolute atomic E-state index is 0.216. The number of aromatic carboxylic acids is 1. The van der Waals surface area contributed by atoms with Gasteiger partial charge in [0.1, 0.15) is 23.2 Å². The van der Waals surface area contributed by atoms with Gasteiger partial charge in [0, 0.05) is 23.3 Å². The zero-order chi connectivity index (χ0) is 15.9. The average molecular weight is 296 g/mol. The smallest absolute Gasteiger partial charge is 0.339 e. The number of carbonyl (C=O) groups is 1. The van der Waals surface area contributed by atoms with E-state index in [0.29, 0.717) is 16.6 Å². The van der Waals surface area contributed by atoms with Crippen LogP contribution >= 0.6 is 0 Å². The Morgan fingerprint density at radius 2 is 2.00 bits per heavy atom. The van der Waals surface area contributed by atoms with Gasteiger partial charge < -0.3 is 14.8 Å². The molecule has 3 aromatic rings. The number of halogens is 1. The van der Waals surface area contributed by atoms with Crippen molar-refractivity contribution < 1.29 is 19.4 Å². The lowest BCUT2D eigenvalue weighted by Crippen LogP contribution is -1.99. The molecule has 0 radical (unpaired) electrons. The standard InChI is InChI=1S/C16H9FN2O3/c17-10-1-4-14-13(5-10)9(7-18)8-19(14)11-2-3-12(16(21)22)15(20)6-11/h1-6,8,20H,(H,21,22). The van der Waals surface area contributed by atoms with E-state index in [2.05, 4.69) is 0 Å². The molecular formula is C16H9FN2O3. The Morgan fingerprint density at radius 3 is 2.64 bits per heavy atom. The van der Waals surface area contributed by atoms with E-state index in [1.807, 2.05) is 6.07 Å². The minimum atomic E-state index is -1.24. The molecule has 0 spiro atoms. The maximum atomic E-state index is 13.3. The van der Waals surface area contributed by atoms with Crippen LogP contribution in [0, 0.1) is 17.1 Å². The van der Waals surface area contributed by atoms with E-state index >= 15 is 0 Å². The second kappa shape index (κ2) is 4.90. The van der Waals surface area contributed by atoms with E-state index < -0.39 is 11.8 Å². The Bertz CT molecular complexity index is 954. The van der Waals surface area contributed by atoms with Crippen molar-refractivity contribution in [1.82, 2.24) is 4.57 Å². The molecule has 0 bridgehead atoms. The highest BCUT2D eigenvalue weighted by Crippen LogP contribution is 2.28. The number of benzene rings is 2. The van der Waals surface area contributed by atoms with Crippen molar-refractivity contribution in [2.24, 2.45) is 0 Å². The molecule has 0 aliphatic rings. The molecule has 2 N–H and O–H groups in total. The number of carboxylic acid groups (broad SMARTS) is 1. The van der Waals surface area contributed by atoms with E-state index in [0.717, 1.165) is 0 Å². The molecule has 0 aliphatic heterocycles. The highest BCUT2D eigenvalue weighted by atomic mass is 19.1. The third-order valence-corrected chi connectivity index (χ3v) is 3.38. The number of rotatable bonds is 2. The molecule has 1 aromatic heterocycles. The number of aromatic hydroxyl groups is 1. The van der Waals surface area contributed by atoms with Gasteiger partial charge in [-0.1, -0.05) is 0 Å². The van der Waals surface area contributed by atoms with Crippen LogP contribution in [0.25, 0.3) is 16.6 Å². The Balaban J connectivity index is 2.25. The van der Waals surface area contributed by atoms with Crippen LogP contribution in [-0.2, 0) is 0 Å². The zero-order valence-electron chi connectivity index (χ0n) is 11.1. The average Bonchev–Trinajstić information content (AvgIpc) is 2.84. The monoisotopic (exact) mass is 296 g/mol. The molecule has 0 saturated carbocycles. The molecule has 108 valence electrons. The second-order valence-electron chi connectivity index (χ2n) is 4.69. The van der Waals surface area contributed by atoms with Crippen molar-refractivity contribution in [3.8, 4) is 17.5 Å². The largest absolute Gasteiger partial charge is 0.507 e. The molecule has 0 unspecified atom stereocenters. The quantitative estimate of drug-likeness (QED) is 0.761. The summed E-state index contributed by atoms with van der Waals surface area (Å²) in [5, 5.41) is 28.3. The number of hydrogen-bond acceptors (Lipinski definition) is 3. The minimum Gasteiger partial charge on any atom is -0.507 e. The predicted octanol–water partition coefficient (Wildman–Crippen LogP) is 3.05. The summed E-state index contributed by atoms with van der Waals surface area (Å²) in [7, 11) is 0. The van der Waals surface area contributed by atoms with Crippen LogP contribution in [0.3, 0.4) is 0 Å². The first kappa shape index (κ1) is 13.6. The van der Waals surface area contributed by atoms with Crippen molar-refractivity contribution in [1.29, 1.82) is 5.26 Å². The Labute approximate surface area is 124 Å². The highest BCUT2D eigenvalue weighted by molar-refractivity contribution is 5.92. The molecule has 22 heavy (non-hydrogen) atoms.